The second kappa shape index (κ2) is 7.17. The highest BCUT2D eigenvalue weighted by Gasteiger charge is 2.08. The van der Waals surface area contributed by atoms with Gasteiger partial charge >= 0.3 is 0 Å². The maximum atomic E-state index is 11.8. The van der Waals surface area contributed by atoms with Crippen molar-refractivity contribution in [2.75, 3.05) is 11.9 Å². The Kier molecular flexibility index (Phi) is 5.86. The molecule has 0 aliphatic rings. The molecule has 0 aliphatic carbocycles. The van der Waals surface area contributed by atoms with Crippen molar-refractivity contribution in [2.45, 2.75) is 40.0 Å². The number of aryl methyl sites for hydroxylation is 2. The molecule has 0 fully saturated rings. The lowest BCUT2D eigenvalue weighted by Gasteiger charge is -2.12. The van der Waals surface area contributed by atoms with Gasteiger partial charge in [0.1, 0.15) is 0 Å². The Balaban J connectivity index is 2.46. The van der Waals surface area contributed by atoms with E-state index in [1.807, 2.05) is 25.1 Å². The molecule has 0 aromatic heterocycles. The smallest absolute Gasteiger partial charge is 0.224 e. The highest BCUT2D eigenvalue weighted by molar-refractivity contribution is 5.90. The Bertz CT molecular complexity index is 397. The second-order valence-corrected chi connectivity index (χ2v) is 4.90. The van der Waals surface area contributed by atoms with E-state index in [1.54, 1.807) is 0 Å². The van der Waals surface area contributed by atoms with Crippen LogP contribution in [0.4, 0.5) is 5.69 Å². The van der Waals surface area contributed by atoms with Crippen LogP contribution >= 0.6 is 0 Å². The molecule has 0 aliphatic heterocycles. The van der Waals surface area contributed by atoms with Gasteiger partial charge < -0.3 is 11.1 Å². The molecule has 1 aromatic carbocycles. The van der Waals surface area contributed by atoms with Crippen molar-refractivity contribution in [3.63, 3.8) is 0 Å². The van der Waals surface area contributed by atoms with Crippen molar-refractivity contribution in [3.8, 4) is 0 Å². The van der Waals surface area contributed by atoms with E-state index in [9.17, 15) is 4.79 Å². The van der Waals surface area contributed by atoms with E-state index >= 15 is 0 Å². The quantitative estimate of drug-likeness (QED) is 0.813. The summed E-state index contributed by atoms with van der Waals surface area (Å²) in [5.74, 6) is 0.528. The molecule has 1 aromatic rings. The zero-order chi connectivity index (χ0) is 13.5. The van der Waals surface area contributed by atoms with Crippen molar-refractivity contribution >= 4 is 11.6 Å². The Morgan fingerprint density at radius 3 is 2.61 bits per heavy atom. The van der Waals surface area contributed by atoms with Crippen LogP contribution in [0.2, 0.25) is 0 Å². The average molecular weight is 248 g/mol. The van der Waals surface area contributed by atoms with E-state index in [-0.39, 0.29) is 5.91 Å². The fourth-order valence-corrected chi connectivity index (χ4v) is 1.87. The number of nitrogens with two attached hydrogens (primary N) is 1. The van der Waals surface area contributed by atoms with Gasteiger partial charge in [-0.15, -0.1) is 0 Å². The molecule has 1 unspecified atom stereocenters. The number of amides is 1. The maximum Gasteiger partial charge on any atom is 0.224 e. The lowest BCUT2D eigenvalue weighted by atomic mass is 10.0. The highest BCUT2D eigenvalue weighted by atomic mass is 16.1. The minimum atomic E-state index is 0.0742. The van der Waals surface area contributed by atoms with Gasteiger partial charge in [0.2, 0.25) is 5.91 Å². The van der Waals surface area contributed by atoms with Gasteiger partial charge in [0.25, 0.3) is 0 Å². The summed E-state index contributed by atoms with van der Waals surface area (Å²) >= 11 is 0. The number of hydrogen-bond acceptors (Lipinski definition) is 2. The Hall–Kier alpha value is -1.35. The van der Waals surface area contributed by atoms with Crippen LogP contribution in [0.5, 0.6) is 0 Å². The number of anilines is 1. The number of hydrogen-bond donors (Lipinski definition) is 2. The van der Waals surface area contributed by atoms with E-state index in [0.29, 0.717) is 18.9 Å². The molecule has 100 valence electrons. The van der Waals surface area contributed by atoms with Crippen molar-refractivity contribution < 1.29 is 4.79 Å². The molecule has 0 saturated heterocycles. The molecular formula is C15H24N2O. The zero-order valence-corrected chi connectivity index (χ0v) is 11.6. The van der Waals surface area contributed by atoms with E-state index in [0.717, 1.165) is 18.5 Å². The van der Waals surface area contributed by atoms with Crippen LogP contribution in [0.15, 0.2) is 18.2 Å². The SMILES string of the molecule is CCC(CN)CCC(=O)Nc1ccc(C)c(C)c1. The van der Waals surface area contributed by atoms with Crippen LogP contribution < -0.4 is 11.1 Å². The highest BCUT2D eigenvalue weighted by Crippen LogP contribution is 2.15. The third-order valence-electron chi connectivity index (χ3n) is 3.48. The fraction of sp³-hybridized carbons (Fsp3) is 0.533. The molecular weight excluding hydrogens is 224 g/mol. The molecule has 0 spiro atoms. The second-order valence-electron chi connectivity index (χ2n) is 4.90. The van der Waals surface area contributed by atoms with Gasteiger partial charge in [0.15, 0.2) is 0 Å². The molecule has 3 nitrogen and oxygen atoms in total. The molecule has 3 heteroatoms. The summed E-state index contributed by atoms with van der Waals surface area (Å²) in [6.07, 6.45) is 2.44. The first-order chi connectivity index (χ1) is 8.56. The predicted octanol–water partition coefficient (Wildman–Crippen LogP) is 3.01. The lowest BCUT2D eigenvalue weighted by molar-refractivity contribution is -0.116. The summed E-state index contributed by atoms with van der Waals surface area (Å²) in [4.78, 5) is 11.8. The van der Waals surface area contributed by atoms with Crippen LogP contribution in [0.25, 0.3) is 0 Å². The summed E-state index contributed by atoms with van der Waals surface area (Å²) in [5, 5.41) is 2.93. The van der Waals surface area contributed by atoms with Gasteiger partial charge in [-0.2, -0.15) is 0 Å². The molecule has 0 bridgehead atoms. The summed E-state index contributed by atoms with van der Waals surface area (Å²) in [6.45, 7) is 6.88. The molecule has 1 rings (SSSR count). The van der Waals surface area contributed by atoms with Crippen LogP contribution in [-0.4, -0.2) is 12.5 Å². The topological polar surface area (TPSA) is 55.1 Å². The van der Waals surface area contributed by atoms with Crippen molar-refractivity contribution in [2.24, 2.45) is 11.7 Å². The van der Waals surface area contributed by atoms with E-state index in [1.165, 1.54) is 11.1 Å². The number of benzene rings is 1. The summed E-state index contributed by atoms with van der Waals surface area (Å²) < 4.78 is 0. The Morgan fingerprint density at radius 2 is 2.06 bits per heavy atom. The maximum absolute atomic E-state index is 11.8. The van der Waals surface area contributed by atoms with Crippen molar-refractivity contribution in [1.82, 2.24) is 0 Å². The number of carbonyl (C=O) groups is 1. The van der Waals surface area contributed by atoms with Crippen LogP contribution in [0.3, 0.4) is 0 Å². The third kappa shape index (κ3) is 4.49. The Labute approximate surface area is 110 Å². The molecule has 1 atom stereocenters. The Morgan fingerprint density at radius 1 is 1.33 bits per heavy atom. The minimum absolute atomic E-state index is 0.0742. The standard InChI is InChI=1S/C15H24N2O/c1-4-13(10-16)6-8-15(18)17-14-7-5-11(2)12(3)9-14/h5,7,9,13H,4,6,8,10,16H2,1-3H3,(H,17,18). The summed E-state index contributed by atoms with van der Waals surface area (Å²) in [5.41, 5.74) is 8.94. The van der Waals surface area contributed by atoms with E-state index in [2.05, 4.69) is 19.2 Å². The van der Waals surface area contributed by atoms with Gasteiger partial charge in [-0.05, 0) is 56.0 Å². The largest absolute Gasteiger partial charge is 0.330 e. The lowest BCUT2D eigenvalue weighted by Crippen LogP contribution is -2.18. The van der Waals surface area contributed by atoms with Crippen molar-refractivity contribution in [1.29, 1.82) is 0 Å². The molecule has 0 saturated carbocycles. The van der Waals surface area contributed by atoms with Gasteiger partial charge in [0.05, 0.1) is 0 Å². The first-order valence-electron chi connectivity index (χ1n) is 6.64. The zero-order valence-electron chi connectivity index (χ0n) is 11.6. The first kappa shape index (κ1) is 14.7. The van der Waals surface area contributed by atoms with E-state index in [4.69, 9.17) is 5.73 Å². The normalized spacial score (nSPS) is 12.2. The molecule has 1 amide bonds. The predicted molar refractivity (Wildman–Crippen MR) is 76.6 cm³/mol. The average Bonchev–Trinajstić information content (AvgIpc) is 2.35. The first-order valence-corrected chi connectivity index (χ1v) is 6.64. The van der Waals surface area contributed by atoms with Crippen LogP contribution in [0, 0.1) is 19.8 Å². The molecule has 0 heterocycles. The van der Waals surface area contributed by atoms with Gasteiger partial charge in [-0.1, -0.05) is 19.4 Å². The third-order valence-corrected chi connectivity index (χ3v) is 3.48. The number of rotatable bonds is 6. The van der Waals surface area contributed by atoms with Gasteiger partial charge in [-0.3, -0.25) is 4.79 Å². The summed E-state index contributed by atoms with van der Waals surface area (Å²) in [7, 11) is 0. The van der Waals surface area contributed by atoms with E-state index < -0.39 is 0 Å². The van der Waals surface area contributed by atoms with Gasteiger partial charge in [0, 0.05) is 12.1 Å². The monoisotopic (exact) mass is 248 g/mol. The van der Waals surface area contributed by atoms with Gasteiger partial charge in [-0.25, -0.2) is 0 Å². The number of carbonyl (C=O) groups excluding carboxylic acids is 1. The minimum Gasteiger partial charge on any atom is -0.330 e. The van der Waals surface area contributed by atoms with Crippen molar-refractivity contribution in [3.05, 3.63) is 29.3 Å². The molecule has 0 radical (unpaired) electrons. The molecule has 18 heavy (non-hydrogen) atoms. The summed E-state index contributed by atoms with van der Waals surface area (Å²) in [6, 6.07) is 5.98. The number of nitrogens with one attached hydrogen (secondary N) is 1. The van der Waals surface area contributed by atoms with Crippen LogP contribution in [0.1, 0.15) is 37.3 Å². The fourth-order valence-electron chi connectivity index (χ4n) is 1.87. The molecule has 3 N–H and O–H groups in total. The van der Waals surface area contributed by atoms with Crippen LogP contribution in [-0.2, 0) is 4.79 Å².